The number of aryl methyl sites for hydroxylation is 1. The highest BCUT2D eigenvalue weighted by Crippen LogP contribution is 2.33. The number of aromatic nitrogens is 2. The van der Waals surface area contributed by atoms with Crippen LogP contribution in [0.5, 0.6) is 5.75 Å². The van der Waals surface area contributed by atoms with Gasteiger partial charge in [0.05, 0.1) is 12.1 Å². The molecule has 1 fully saturated rings. The first-order valence-corrected chi connectivity index (χ1v) is 7.42. The molecular weight excluding hydrogens is 306 g/mol. The molecule has 0 radical (unpaired) electrons. The van der Waals surface area contributed by atoms with Gasteiger partial charge in [-0.2, -0.15) is 0 Å². The second-order valence-electron chi connectivity index (χ2n) is 5.17. The summed E-state index contributed by atoms with van der Waals surface area (Å²) < 4.78 is 10.7. The molecule has 6 nitrogen and oxygen atoms in total. The second kappa shape index (κ2) is 5.96. The van der Waals surface area contributed by atoms with E-state index in [-0.39, 0.29) is 11.9 Å². The van der Waals surface area contributed by atoms with Gasteiger partial charge in [-0.05, 0) is 31.0 Å². The standard InChI is InChI=1S/C15H16ClN3O3/c1-9-17-18-14(22-9)12-4-3-7-19(12)15(20)10-5-6-11(16)13(8-10)21-2/h5-6,8,12H,3-4,7H2,1-2H3/t12-/m1/s1. The molecule has 1 atom stereocenters. The summed E-state index contributed by atoms with van der Waals surface area (Å²) in [6.07, 6.45) is 1.72. The number of ether oxygens (including phenoxy) is 1. The molecule has 7 heteroatoms. The Morgan fingerprint density at radius 1 is 1.45 bits per heavy atom. The van der Waals surface area contributed by atoms with Gasteiger partial charge in [0.15, 0.2) is 0 Å². The number of hydrogen-bond donors (Lipinski definition) is 0. The zero-order valence-electron chi connectivity index (χ0n) is 12.4. The topological polar surface area (TPSA) is 68.5 Å². The predicted octanol–water partition coefficient (Wildman–Crippen LogP) is 3.02. The number of halogens is 1. The van der Waals surface area contributed by atoms with Crippen LogP contribution in [-0.2, 0) is 0 Å². The van der Waals surface area contributed by atoms with E-state index < -0.39 is 0 Å². The Labute approximate surface area is 133 Å². The molecule has 1 saturated heterocycles. The van der Waals surface area contributed by atoms with E-state index in [4.69, 9.17) is 20.8 Å². The molecule has 1 amide bonds. The number of hydrogen-bond acceptors (Lipinski definition) is 5. The second-order valence-corrected chi connectivity index (χ2v) is 5.57. The van der Waals surface area contributed by atoms with Crippen LogP contribution < -0.4 is 4.74 Å². The third-order valence-corrected chi connectivity index (χ3v) is 4.05. The molecule has 3 rings (SSSR count). The number of rotatable bonds is 3. The van der Waals surface area contributed by atoms with Crippen LogP contribution in [0.2, 0.25) is 5.02 Å². The number of nitrogens with zero attached hydrogens (tertiary/aromatic N) is 3. The van der Waals surface area contributed by atoms with Crippen molar-refractivity contribution in [2.24, 2.45) is 0 Å². The van der Waals surface area contributed by atoms with Crippen molar-refractivity contribution in [3.63, 3.8) is 0 Å². The van der Waals surface area contributed by atoms with E-state index in [0.29, 0.717) is 34.7 Å². The summed E-state index contributed by atoms with van der Waals surface area (Å²) in [5.74, 6) is 1.39. The Morgan fingerprint density at radius 2 is 2.27 bits per heavy atom. The molecule has 0 bridgehead atoms. The molecule has 0 spiro atoms. The van der Waals surface area contributed by atoms with Gasteiger partial charge >= 0.3 is 0 Å². The fourth-order valence-electron chi connectivity index (χ4n) is 2.67. The number of carbonyl (C=O) groups is 1. The van der Waals surface area contributed by atoms with Gasteiger partial charge in [0.2, 0.25) is 11.8 Å². The highest BCUT2D eigenvalue weighted by atomic mass is 35.5. The van der Waals surface area contributed by atoms with Gasteiger partial charge in [-0.3, -0.25) is 4.79 Å². The molecule has 2 heterocycles. The van der Waals surface area contributed by atoms with Crippen molar-refractivity contribution in [1.29, 1.82) is 0 Å². The maximum atomic E-state index is 12.8. The molecule has 116 valence electrons. The monoisotopic (exact) mass is 321 g/mol. The highest BCUT2D eigenvalue weighted by Gasteiger charge is 2.34. The van der Waals surface area contributed by atoms with E-state index in [1.54, 1.807) is 30.0 Å². The van der Waals surface area contributed by atoms with Crippen LogP contribution in [-0.4, -0.2) is 34.7 Å². The molecule has 1 aliphatic heterocycles. The van der Waals surface area contributed by atoms with Crippen molar-refractivity contribution in [2.45, 2.75) is 25.8 Å². The molecule has 1 aromatic heterocycles. The largest absolute Gasteiger partial charge is 0.495 e. The summed E-state index contributed by atoms with van der Waals surface area (Å²) in [7, 11) is 1.52. The van der Waals surface area contributed by atoms with E-state index in [2.05, 4.69) is 10.2 Å². The third-order valence-electron chi connectivity index (χ3n) is 3.74. The van der Waals surface area contributed by atoms with Crippen LogP contribution in [0.25, 0.3) is 0 Å². The van der Waals surface area contributed by atoms with E-state index >= 15 is 0 Å². The Bertz CT molecular complexity index is 701. The zero-order valence-corrected chi connectivity index (χ0v) is 13.1. The van der Waals surface area contributed by atoms with Crippen molar-refractivity contribution in [1.82, 2.24) is 15.1 Å². The minimum Gasteiger partial charge on any atom is -0.495 e. The minimum absolute atomic E-state index is 0.0895. The fourth-order valence-corrected chi connectivity index (χ4v) is 2.87. The molecule has 0 N–H and O–H groups in total. The maximum absolute atomic E-state index is 12.8. The third kappa shape index (κ3) is 2.66. The SMILES string of the molecule is COc1cc(C(=O)N2CCC[C@@H]2c2nnc(C)o2)ccc1Cl. The van der Waals surface area contributed by atoms with Crippen molar-refractivity contribution >= 4 is 17.5 Å². The maximum Gasteiger partial charge on any atom is 0.254 e. The zero-order chi connectivity index (χ0) is 15.7. The Morgan fingerprint density at radius 3 is 2.95 bits per heavy atom. The average Bonchev–Trinajstić information content (AvgIpc) is 3.15. The first-order valence-electron chi connectivity index (χ1n) is 7.04. The van der Waals surface area contributed by atoms with Crippen LogP contribution in [0.1, 0.15) is 41.0 Å². The number of methoxy groups -OCH3 is 1. The summed E-state index contributed by atoms with van der Waals surface area (Å²) in [4.78, 5) is 14.5. The average molecular weight is 322 g/mol. The van der Waals surface area contributed by atoms with Gasteiger partial charge < -0.3 is 14.1 Å². The Hall–Kier alpha value is -2.08. The summed E-state index contributed by atoms with van der Waals surface area (Å²) in [5.41, 5.74) is 0.532. The number of carbonyl (C=O) groups excluding carboxylic acids is 1. The fraction of sp³-hybridized carbons (Fsp3) is 0.400. The van der Waals surface area contributed by atoms with Gasteiger partial charge in [0.1, 0.15) is 11.8 Å². The lowest BCUT2D eigenvalue weighted by atomic mass is 10.1. The van der Waals surface area contributed by atoms with Crippen molar-refractivity contribution in [3.05, 3.63) is 40.6 Å². The number of likely N-dealkylation sites (tertiary alicyclic amines) is 1. The molecule has 1 aromatic carbocycles. The lowest BCUT2D eigenvalue weighted by Gasteiger charge is -2.22. The molecule has 0 saturated carbocycles. The van der Waals surface area contributed by atoms with Crippen LogP contribution >= 0.6 is 11.6 Å². The predicted molar refractivity (Wildman–Crippen MR) is 80.1 cm³/mol. The molecular formula is C15H16ClN3O3. The lowest BCUT2D eigenvalue weighted by molar-refractivity contribution is 0.0714. The van der Waals surface area contributed by atoms with Crippen LogP contribution in [0.3, 0.4) is 0 Å². The van der Waals surface area contributed by atoms with Gasteiger partial charge in [-0.1, -0.05) is 11.6 Å². The van der Waals surface area contributed by atoms with Crippen LogP contribution in [0.15, 0.2) is 22.6 Å². The van der Waals surface area contributed by atoms with Gasteiger partial charge in [-0.25, -0.2) is 0 Å². The van der Waals surface area contributed by atoms with Crippen molar-refractivity contribution < 1.29 is 13.9 Å². The van der Waals surface area contributed by atoms with E-state index in [0.717, 1.165) is 12.8 Å². The minimum atomic E-state index is -0.171. The van der Waals surface area contributed by atoms with E-state index in [9.17, 15) is 4.79 Å². The normalized spacial score (nSPS) is 17.8. The highest BCUT2D eigenvalue weighted by molar-refractivity contribution is 6.32. The number of amides is 1. The quantitative estimate of drug-likeness (QED) is 0.869. The summed E-state index contributed by atoms with van der Waals surface area (Å²) in [6.45, 7) is 2.40. The first-order chi connectivity index (χ1) is 10.6. The van der Waals surface area contributed by atoms with Crippen molar-refractivity contribution in [2.75, 3.05) is 13.7 Å². The molecule has 22 heavy (non-hydrogen) atoms. The summed E-state index contributed by atoms with van der Waals surface area (Å²) in [6, 6.07) is 4.84. The molecule has 0 unspecified atom stereocenters. The van der Waals surface area contributed by atoms with Gasteiger partial charge in [-0.15, -0.1) is 10.2 Å². The van der Waals surface area contributed by atoms with Crippen LogP contribution in [0, 0.1) is 6.92 Å². The molecule has 1 aliphatic rings. The number of benzene rings is 1. The van der Waals surface area contributed by atoms with Gasteiger partial charge in [0.25, 0.3) is 5.91 Å². The van der Waals surface area contributed by atoms with Gasteiger partial charge in [0, 0.05) is 19.0 Å². The van der Waals surface area contributed by atoms with Crippen molar-refractivity contribution in [3.8, 4) is 5.75 Å². The lowest BCUT2D eigenvalue weighted by Crippen LogP contribution is -2.30. The summed E-state index contributed by atoms with van der Waals surface area (Å²) in [5, 5.41) is 8.37. The Balaban J connectivity index is 1.87. The summed E-state index contributed by atoms with van der Waals surface area (Å²) >= 11 is 6.00. The Kier molecular flexibility index (Phi) is 4.02. The van der Waals surface area contributed by atoms with E-state index in [1.807, 2.05) is 0 Å². The van der Waals surface area contributed by atoms with Crippen LogP contribution in [0.4, 0.5) is 0 Å². The first kappa shape index (κ1) is 14.8. The molecule has 0 aliphatic carbocycles. The van der Waals surface area contributed by atoms with E-state index in [1.165, 1.54) is 7.11 Å². The smallest absolute Gasteiger partial charge is 0.254 e. The molecule has 2 aromatic rings.